The first-order chi connectivity index (χ1) is 12.5. The summed E-state index contributed by atoms with van der Waals surface area (Å²) in [5, 5.41) is 21.6. The Morgan fingerprint density at radius 2 is 2.00 bits per heavy atom. The minimum atomic E-state index is -1.09. The van der Waals surface area contributed by atoms with Crippen molar-refractivity contribution in [2.45, 2.75) is 39.2 Å². The van der Waals surface area contributed by atoms with E-state index in [1.165, 1.54) is 18.0 Å². The third-order valence-corrected chi connectivity index (χ3v) is 4.69. The number of carbonyl (C=O) groups excluding carboxylic acids is 1. The van der Waals surface area contributed by atoms with Crippen molar-refractivity contribution in [2.75, 3.05) is 7.11 Å². The topological polar surface area (TPSA) is 120 Å². The molecule has 1 aliphatic rings. The predicted octanol–water partition coefficient (Wildman–Crippen LogP) is 1.72. The summed E-state index contributed by atoms with van der Waals surface area (Å²) in [6.07, 6.45) is 3.44. The van der Waals surface area contributed by atoms with E-state index in [0.29, 0.717) is 29.5 Å². The molecule has 0 aromatic carbocycles. The number of nitrogens with zero attached hydrogens (tertiary/aromatic N) is 5. The number of aromatic carboxylic acids is 1. The standard InChI is InChI=1S/C17H21N5O4/c1-10-7-13(8-14(18-10)16(23)24)15-19-21-22(20-15)9-11-3-5-12(6-4-11)17(25)26-2/h7-8,11-12H,3-6,9H2,1-2H3,(H,23,24). The molecule has 9 nitrogen and oxygen atoms in total. The van der Waals surface area contributed by atoms with Crippen LogP contribution in [0.4, 0.5) is 0 Å². The van der Waals surface area contributed by atoms with Crippen molar-refractivity contribution in [2.24, 2.45) is 11.8 Å². The molecule has 0 atom stereocenters. The molecule has 0 amide bonds. The zero-order valence-corrected chi connectivity index (χ0v) is 14.8. The van der Waals surface area contributed by atoms with Gasteiger partial charge in [-0.1, -0.05) is 0 Å². The molecule has 0 bridgehead atoms. The molecule has 138 valence electrons. The van der Waals surface area contributed by atoms with E-state index >= 15 is 0 Å². The molecule has 1 N–H and O–H groups in total. The molecule has 1 aliphatic carbocycles. The fourth-order valence-corrected chi connectivity index (χ4v) is 3.32. The number of methoxy groups -OCH3 is 1. The van der Waals surface area contributed by atoms with Crippen molar-refractivity contribution in [3.8, 4) is 11.4 Å². The third-order valence-electron chi connectivity index (χ3n) is 4.69. The van der Waals surface area contributed by atoms with Gasteiger partial charge in [-0.15, -0.1) is 10.2 Å². The zero-order valence-electron chi connectivity index (χ0n) is 14.8. The lowest BCUT2D eigenvalue weighted by atomic mass is 9.82. The van der Waals surface area contributed by atoms with Gasteiger partial charge in [0.05, 0.1) is 19.6 Å². The lowest BCUT2D eigenvalue weighted by Gasteiger charge is -2.26. The number of tetrazole rings is 1. The minimum Gasteiger partial charge on any atom is -0.477 e. The quantitative estimate of drug-likeness (QED) is 0.801. The Morgan fingerprint density at radius 3 is 2.65 bits per heavy atom. The average molecular weight is 359 g/mol. The van der Waals surface area contributed by atoms with Crippen molar-refractivity contribution in [1.82, 2.24) is 25.2 Å². The molecular weight excluding hydrogens is 338 g/mol. The number of aromatic nitrogens is 5. The number of hydrogen-bond acceptors (Lipinski definition) is 7. The lowest BCUT2D eigenvalue weighted by Crippen LogP contribution is -2.25. The van der Waals surface area contributed by atoms with E-state index in [1.807, 2.05) is 0 Å². The van der Waals surface area contributed by atoms with Gasteiger partial charge in [0, 0.05) is 11.3 Å². The second kappa shape index (κ2) is 7.59. The van der Waals surface area contributed by atoms with Crippen LogP contribution in [-0.4, -0.2) is 49.3 Å². The van der Waals surface area contributed by atoms with Crippen molar-refractivity contribution in [3.63, 3.8) is 0 Å². The van der Waals surface area contributed by atoms with Crippen LogP contribution in [0.3, 0.4) is 0 Å². The van der Waals surface area contributed by atoms with E-state index in [1.54, 1.807) is 13.0 Å². The van der Waals surface area contributed by atoms with Gasteiger partial charge in [0.1, 0.15) is 5.69 Å². The minimum absolute atomic E-state index is 0.00949. The molecule has 0 unspecified atom stereocenters. The van der Waals surface area contributed by atoms with Crippen LogP contribution < -0.4 is 0 Å². The summed E-state index contributed by atoms with van der Waals surface area (Å²) in [5.41, 5.74) is 1.12. The molecule has 0 radical (unpaired) electrons. The summed E-state index contributed by atoms with van der Waals surface area (Å²) in [6.45, 7) is 2.34. The van der Waals surface area contributed by atoms with Crippen molar-refractivity contribution in [3.05, 3.63) is 23.5 Å². The maximum atomic E-state index is 11.6. The average Bonchev–Trinajstić information content (AvgIpc) is 3.09. The Kier molecular flexibility index (Phi) is 5.24. The van der Waals surface area contributed by atoms with Crippen LogP contribution in [0.25, 0.3) is 11.4 Å². The number of carbonyl (C=O) groups is 2. The van der Waals surface area contributed by atoms with Crippen molar-refractivity contribution < 1.29 is 19.4 Å². The molecular formula is C17H21N5O4. The SMILES string of the molecule is COC(=O)C1CCC(Cn2nnc(-c3cc(C)nc(C(=O)O)c3)n2)CC1. The maximum absolute atomic E-state index is 11.6. The van der Waals surface area contributed by atoms with Crippen LogP contribution in [0.5, 0.6) is 0 Å². The predicted molar refractivity (Wildman–Crippen MR) is 90.2 cm³/mol. The highest BCUT2D eigenvalue weighted by Crippen LogP contribution is 2.30. The molecule has 1 fully saturated rings. The van der Waals surface area contributed by atoms with Gasteiger partial charge in [0.15, 0.2) is 0 Å². The van der Waals surface area contributed by atoms with Crippen LogP contribution in [0.2, 0.25) is 0 Å². The van der Waals surface area contributed by atoms with E-state index < -0.39 is 5.97 Å². The number of rotatable bonds is 5. The van der Waals surface area contributed by atoms with Gasteiger partial charge < -0.3 is 9.84 Å². The number of aryl methyl sites for hydroxylation is 1. The maximum Gasteiger partial charge on any atom is 0.354 e. The lowest BCUT2D eigenvalue weighted by molar-refractivity contribution is -0.146. The summed E-state index contributed by atoms with van der Waals surface area (Å²) in [6, 6.07) is 3.17. The van der Waals surface area contributed by atoms with E-state index in [2.05, 4.69) is 20.4 Å². The van der Waals surface area contributed by atoms with Crippen LogP contribution in [0.15, 0.2) is 12.1 Å². The summed E-state index contributed by atoms with van der Waals surface area (Å²) >= 11 is 0. The van der Waals surface area contributed by atoms with E-state index in [-0.39, 0.29) is 17.6 Å². The van der Waals surface area contributed by atoms with Crippen LogP contribution in [0, 0.1) is 18.8 Å². The molecule has 2 aromatic heterocycles. The van der Waals surface area contributed by atoms with E-state index in [0.717, 1.165) is 25.7 Å². The fourth-order valence-electron chi connectivity index (χ4n) is 3.32. The molecule has 9 heteroatoms. The van der Waals surface area contributed by atoms with Crippen LogP contribution in [0.1, 0.15) is 41.9 Å². The zero-order chi connectivity index (χ0) is 18.7. The Balaban J connectivity index is 1.66. The molecule has 0 spiro atoms. The molecule has 1 saturated carbocycles. The van der Waals surface area contributed by atoms with Gasteiger partial charge in [-0.2, -0.15) is 4.80 Å². The monoisotopic (exact) mass is 359 g/mol. The largest absolute Gasteiger partial charge is 0.477 e. The summed E-state index contributed by atoms with van der Waals surface area (Å²) < 4.78 is 4.81. The van der Waals surface area contributed by atoms with Crippen LogP contribution in [-0.2, 0) is 16.1 Å². The molecule has 0 saturated heterocycles. The van der Waals surface area contributed by atoms with Crippen molar-refractivity contribution >= 4 is 11.9 Å². The van der Waals surface area contributed by atoms with Gasteiger partial charge in [0.2, 0.25) is 5.82 Å². The first-order valence-corrected chi connectivity index (χ1v) is 8.54. The molecule has 2 aromatic rings. The summed E-state index contributed by atoms with van der Waals surface area (Å²) in [7, 11) is 1.42. The normalized spacial score (nSPS) is 19.9. The second-order valence-electron chi connectivity index (χ2n) is 6.60. The van der Waals surface area contributed by atoms with E-state index in [4.69, 9.17) is 9.84 Å². The Morgan fingerprint density at radius 1 is 1.27 bits per heavy atom. The second-order valence-corrected chi connectivity index (χ2v) is 6.60. The number of carboxylic acids is 1. The molecule has 0 aliphatic heterocycles. The van der Waals surface area contributed by atoms with Crippen molar-refractivity contribution in [1.29, 1.82) is 0 Å². The van der Waals surface area contributed by atoms with E-state index in [9.17, 15) is 9.59 Å². The van der Waals surface area contributed by atoms with Gasteiger partial charge in [0.25, 0.3) is 0 Å². The first-order valence-electron chi connectivity index (χ1n) is 8.54. The molecule has 26 heavy (non-hydrogen) atoms. The fraction of sp³-hybridized carbons (Fsp3) is 0.529. The summed E-state index contributed by atoms with van der Waals surface area (Å²) in [5.74, 6) is -0.477. The third kappa shape index (κ3) is 4.04. The Bertz CT molecular complexity index is 811. The first kappa shape index (κ1) is 18.0. The number of hydrogen-bond donors (Lipinski definition) is 1. The van der Waals surface area contributed by atoms with Gasteiger partial charge in [-0.05, 0) is 55.9 Å². The van der Waals surface area contributed by atoms with Gasteiger partial charge in [-0.3, -0.25) is 4.79 Å². The highest BCUT2D eigenvalue weighted by Gasteiger charge is 2.27. The highest BCUT2D eigenvalue weighted by molar-refractivity contribution is 5.86. The van der Waals surface area contributed by atoms with Gasteiger partial charge >= 0.3 is 11.9 Å². The highest BCUT2D eigenvalue weighted by atomic mass is 16.5. The number of ether oxygens (including phenoxy) is 1. The number of pyridine rings is 1. The molecule has 3 rings (SSSR count). The number of esters is 1. The Labute approximate surface area is 150 Å². The molecule has 2 heterocycles. The van der Waals surface area contributed by atoms with Gasteiger partial charge in [-0.25, -0.2) is 9.78 Å². The summed E-state index contributed by atoms with van der Waals surface area (Å²) in [4.78, 5) is 28.2. The number of carboxylic acid groups (broad SMARTS) is 1. The Hall–Kier alpha value is -2.84. The smallest absolute Gasteiger partial charge is 0.354 e. The van der Waals surface area contributed by atoms with Crippen LogP contribution >= 0.6 is 0 Å².